The molecule has 0 saturated carbocycles. The number of carbonyl (C=O) groups is 1. The van der Waals surface area contributed by atoms with E-state index in [9.17, 15) is 9.90 Å². The predicted octanol–water partition coefficient (Wildman–Crippen LogP) is 6.60. The first-order chi connectivity index (χ1) is 14.3. The quantitative estimate of drug-likeness (QED) is 0.487. The Kier molecular flexibility index (Phi) is 5.52. The van der Waals surface area contributed by atoms with Crippen molar-refractivity contribution in [2.45, 2.75) is 38.7 Å². The Hall–Kier alpha value is -2.49. The summed E-state index contributed by atoms with van der Waals surface area (Å²) in [7, 11) is 0. The highest BCUT2D eigenvalue weighted by atomic mass is 32.1. The number of rotatable bonds is 4. The second kappa shape index (κ2) is 7.98. The molecule has 0 amide bonds. The van der Waals surface area contributed by atoms with Crippen LogP contribution in [0.15, 0.2) is 84.3 Å². The number of ketones is 1. The largest absolute Gasteiger partial charge is 0.384 e. The van der Waals surface area contributed by atoms with E-state index in [1.54, 1.807) is 0 Å². The highest BCUT2D eigenvalue weighted by Crippen LogP contribution is 2.53. The number of allylic oxidation sites excluding steroid dienone is 1. The molecule has 30 heavy (non-hydrogen) atoms. The summed E-state index contributed by atoms with van der Waals surface area (Å²) in [4.78, 5) is 14.5. The average Bonchev–Trinajstić information content (AvgIpc) is 3.28. The van der Waals surface area contributed by atoms with E-state index in [2.05, 4.69) is 24.3 Å². The van der Waals surface area contributed by atoms with Crippen molar-refractivity contribution in [2.75, 3.05) is 0 Å². The van der Waals surface area contributed by atoms with Crippen LogP contribution in [0.2, 0.25) is 0 Å². The van der Waals surface area contributed by atoms with E-state index in [0.717, 1.165) is 16.7 Å². The van der Waals surface area contributed by atoms with Gasteiger partial charge in [-0.15, -0.1) is 11.3 Å². The van der Waals surface area contributed by atoms with Gasteiger partial charge in [-0.3, -0.25) is 4.79 Å². The molecule has 4 rings (SSSR count). The summed E-state index contributed by atoms with van der Waals surface area (Å²) in [6, 6.07) is 24.2. The normalized spacial score (nSPS) is 24.3. The smallest absolute Gasteiger partial charge is 0.179 e. The highest BCUT2D eigenvalue weighted by Gasteiger charge is 2.54. The molecule has 3 unspecified atom stereocenters. The molecule has 1 aromatic heterocycles. The van der Waals surface area contributed by atoms with Gasteiger partial charge in [0.15, 0.2) is 5.78 Å². The fourth-order valence-corrected chi connectivity index (χ4v) is 5.28. The van der Waals surface area contributed by atoms with Crippen molar-refractivity contribution in [3.05, 3.63) is 100 Å². The Balaban J connectivity index is 1.93. The number of hydrogen-bond donors (Lipinski definition) is 1. The Bertz CT molecular complexity index is 1030. The maximum absolute atomic E-state index is 13.8. The number of hydrogen-bond acceptors (Lipinski definition) is 3. The second-order valence-corrected chi connectivity index (χ2v) is 10.1. The summed E-state index contributed by atoms with van der Waals surface area (Å²) in [5.74, 6) is -0.629. The maximum atomic E-state index is 13.8. The van der Waals surface area contributed by atoms with E-state index in [0.29, 0.717) is 11.3 Å². The third kappa shape index (κ3) is 3.68. The lowest BCUT2D eigenvalue weighted by molar-refractivity contribution is -0.0627. The Labute approximate surface area is 182 Å². The highest BCUT2D eigenvalue weighted by molar-refractivity contribution is 7.12. The van der Waals surface area contributed by atoms with Crippen LogP contribution in [0.1, 0.15) is 53.9 Å². The summed E-state index contributed by atoms with van der Waals surface area (Å²) in [5.41, 5.74) is 1.49. The third-order valence-electron chi connectivity index (χ3n) is 6.33. The van der Waals surface area contributed by atoms with Gasteiger partial charge in [-0.25, -0.2) is 0 Å². The van der Waals surface area contributed by atoms with Gasteiger partial charge in [0.1, 0.15) is 0 Å². The van der Waals surface area contributed by atoms with E-state index < -0.39 is 16.9 Å². The molecule has 1 aliphatic rings. The Morgan fingerprint density at radius 1 is 0.967 bits per heavy atom. The Morgan fingerprint density at radius 3 is 2.17 bits per heavy atom. The molecule has 1 heterocycles. The van der Waals surface area contributed by atoms with Gasteiger partial charge in [0.2, 0.25) is 0 Å². The first kappa shape index (κ1) is 20.8. The van der Waals surface area contributed by atoms with E-state index in [4.69, 9.17) is 0 Å². The molecular formula is C27H28O2S. The number of aliphatic hydroxyl groups is 1. The van der Waals surface area contributed by atoms with Crippen LogP contribution in [0.4, 0.5) is 0 Å². The van der Waals surface area contributed by atoms with Crippen LogP contribution in [-0.4, -0.2) is 16.5 Å². The minimum absolute atomic E-state index is 0.0274. The first-order valence-electron chi connectivity index (χ1n) is 10.4. The zero-order valence-corrected chi connectivity index (χ0v) is 18.5. The van der Waals surface area contributed by atoms with Gasteiger partial charge < -0.3 is 5.11 Å². The van der Waals surface area contributed by atoms with E-state index >= 15 is 0 Å². The van der Waals surface area contributed by atoms with Crippen LogP contribution in [0.5, 0.6) is 0 Å². The fraction of sp³-hybridized carbons (Fsp3) is 0.296. The van der Waals surface area contributed by atoms with Gasteiger partial charge in [-0.1, -0.05) is 87.5 Å². The lowest BCUT2D eigenvalue weighted by atomic mass is 9.57. The molecule has 0 fully saturated rings. The predicted molar refractivity (Wildman–Crippen MR) is 125 cm³/mol. The molecule has 2 aromatic carbocycles. The minimum atomic E-state index is -1.28. The molecule has 0 aliphatic heterocycles. The maximum Gasteiger partial charge on any atom is 0.179 e. The van der Waals surface area contributed by atoms with Crippen molar-refractivity contribution >= 4 is 22.7 Å². The average molecular weight is 417 g/mol. The molecule has 0 saturated heterocycles. The van der Waals surface area contributed by atoms with Gasteiger partial charge in [0.05, 0.1) is 16.4 Å². The van der Waals surface area contributed by atoms with Crippen LogP contribution >= 0.6 is 11.3 Å². The van der Waals surface area contributed by atoms with Crippen molar-refractivity contribution < 1.29 is 9.90 Å². The minimum Gasteiger partial charge on any atom is -0.384 e. The molecular weight excluding hydrogens is 388 g/mol. The number of benzene rings is 2. The van der Waals surface area contributed by atoms with Crippen LogP contribution in [0.3, 0.4) is 0 Å². The lowest BCUT2D eigenvalue weighted by Crippen LogP contribution is -2.54. The number of thiophene rings is 1. The van der Waals surface area contributed by atoms with Crippen molar-refractivity contribution in [1.82, 2.24) is 0 Å². The topological polar surface area (TPSA) is 37.3 Å². The van der Waals surface area contributed by atoms with E-state index in [1.165, 1.54) is 11.3 Å². The molecule has 3 aromatic rings. The monoisotopic (exact) mass is 416 g/mol. The van der Waals surface area contributed by atoms with Gasteiger partial charge in [0, 0.05) is 5.92 Å². The van der Waals surface area contributed by atoms with Crippen LogP contribution in [-0.2, 0) is 0 Å². The molecule has 2 nitrogen and oxygen atoms in total. The molecule has 1 aliphatic carbocycles. The molecule has 0 radical (unpaired) electrons. The molecule has 0 spiro atoms. The zero-order valence-electron chi connectivity index (χ0n) is 17.7. The summed E-state index contributed by atoms with van der Waals surface area (Å²) >= 11 is 1.45. The van der Waals surface area contributed by atoms with Crippen molar-refractivity contribution in [3.63, 3.8) is 0 Å². The van der Waals surface area contributed by atoms with Crippen molar-refractivity contribution in [3.8, 4) is 0 Å². The summed E-state index contributed by atoms with van der Waals surface area (Å²) < 4.78 is 0. The van der Waals surface area contributed by atoms with Gasteiger partial charge in [0.25, 0.3) is 0 Å². The summed E-state index contributed by atoms with van der Waals surface area (Å²) in [5, 5.41) is 14.1. The second-order valence-electron chi connectivity index (χ2n) is 9.15. The number of carbonyl (C=O) groups excluding carboxylic acids is 1. The van der Waals surface area contributed by atoms with Gasteiger partial charge >= 0.3 is 0 Å². The van der Waals surface area contributed by atoms with Crippen molar-refractivity contribution in [1.29, 1.82) is 0 Å². The molecule has 3 heteroatoms. The van der Waals surface area contributed by atoms with E-state index in [1.807, 2.05) is 80.8 Å². The van der Waals surface area contributed by atoms with E-state index in [-0.39, 0.29) is 11.7 Å². The van der Waals surface area contributed by atoms with Gasteiger partial charge in [-0.05, 0) is 46.1 Å². The van der Waals surface area contributed by atoms with Crippen LogP contribution in [0, 0.1) is 11.3 Å². The van der Waals surface area contributed by atoms with Crippen LogP contribution < -0.4 is 0 Å². The zero-order chi connectivity index (χ0) is 21.4. The van der Waals surface area contributed by atoms with Crippen molar-refractivity contribution in [2.24, 2.45) is 11.3 Å². The SMILES string of the molecule is CC(C)(C)C1(O)C=C(c2ccccc2)CC(c2ccccc2)C1C(=O)c1cccs1. The first-order valence-corrected chi connectivity index (χ1v) is 11.3. The summed E-state index contributed by atoms with van der Waals surface area (Å²) in [6.45, 7) is 6.07. The molecule has 3 atom stereocenters. The third-order valence-corrected chi connectivity index (χ3v) is 7.22. The Morgan fingerprint density at radius 2 is 1.60 bits per heavy atom. The molecule has 1 N–H and O–H groups in total. The summed E-state index contributed by atoms with van der Waals surface area (Å²) in [6.07, 6.45) is 2.69. The van der Waals surface area contributed by atoms with Crippen LogP contribution in [0.25, 0.3) is 5.57 Å². The molecule has 154 valence electrons. The van der Waals surface area contributed by atoms with Gasteiger partial charge in [-0.2, -0.15) is 0 Å². The lowest BCUT2D eigenvalue weighted by Gasteiger charge is -2.49. The fourth-order valence-electron chi connectivity index (χ4n) is 4.58. The standard InChI is InChI=1S/C27H28O2S/c1-26(2,3)27(29)18-21(19-11-6-4-7-12-19)17-22(20-13-8-5-9-14-20)24(27)25(28)23-15-10-16-30-23/h4-16,18,22,24,29H,17H2,1-3H3. The molecule has 0 bridgehead atoms. The number of Topliss-reactive ketones (excluding diaryl/α,β-unsaturated/α-hetero) is 1.